The van der Waals surface area contributed by atoms with Crippen molar-refractivity contribution >= 4 is 35.8 Å². The van der Waals surface area contributed by atoms with Gasteiger partial charge in [-0.3, -0.25) is 9.79 Å². The number of rotatable bonds is 7. The number of benzene rings is 1. The fraction of sp³-hybridized carbons (Fsp3) is 0.619. The molecule has 0 unspecified atom stereocenters. The number of carbonyl (C=O) groups is 1. The Labute approximate surface area is 186 Å². The summed E-state index contributed by atoms with van der Waals surface area (Å²) in [4.78, 5) is 21.5. The highest BCUT2D eigenvalue weighted by Crippen LogP contribution is 2.39. The standard InChI is InChI=1S/C21H34N4O2.HI/c1-6-22-20(25(4)15-17-11-7-8-12-18(17)27-5)23-16-21(13-9-10-14-21)19(26)24(2)3;/h7-8,11-12H,6,9-10,13-16H2,1-5H3,(H,22,23);1H. The van der Waals surface area contributed by atoms with Gasteiger partial charge < -0.3 is 19.9 Å². The zero-order chi connectivity index (χ0) is 19.9. The number of ether oxygens (including phenoxy) is 1. The molecule has 0 radical (unpaired) electrons. The van der Waals surface area contributed by atoms with Gasteiger partial charge in [0.15, 0.2) is 5.96 Å². The lowest BCUT2D eigenvalue weighted by Gasteiger charge is -2.30. The van der Waals surface area contributed by atoms with Gasteiger partial charge in [0.2, 0.25) is 5.91 Å². The quantitative estimate of drug-likeness (QED) is 0.353. The van der Waals surface area contributed by atoms with Gasteiger partial charge in [-0.25, -0.2) is 0 Å². The Morgan fingerprint density at radius 2 is 1.86 bits per heavy atom. The van der Waals surface area contributed by atoms with Gasteiger partial charge in [0.05, 0.1) is 19.1 Å². The van der Waals surface area contributed by atoms with Crippen LogP contribution in [0.4, 0.5) is 0 Å². The summed E-state index contributed by atoms with van der Waals surface area (Å²) >= 11 is 0. The zero-order valence-corrected chi connectivity index (χ0v) is 20.2. The number of carbonyl (C=O) groups excluding carboxylic acids is 1. The number of aliphatic imine (C=N–C) groups is 1. The molecule has 1 N–H and O–H groups in total. The highest BCUT2D eigenvalue weighted by Gasteiger charge is 2.42. The lowest BCUT2D eigenvalue weighted by molar-refractivity contribution is -0.138. The van der Waals surface area contributed by atoms with Gasteiger partial charge in [-0.2, -0.15) is 0 Å². The first-order chi connectivity index (χ1) is 12.9. The van der Waals surface area contributed by atoms with Crippen LogP contribution in [0.15, 0.2) is 29.3 Å². The van der Waals surface area contributed by atoms with Gasteiger partial charge in [-0.05, 0) is 25.8 Å². The summed E-state index contributed by atoms with van der Waals surface area (Å²) in [5.74, 6) is 1.89. The molecule has 1 saturated carbocycles. The monoisotopic (exact) mass is 502 g/mol. The second-order valence-electron chi connectivity index (χ2n) is 7.53. The molecule has 7 heteroatoms. The minimum atomic E-state index is -0.352. The van der Waals surface area contributed by atoms with Crippen LogP contribution in [0.2, 0.25) is 0 Å². The summed E-state index contributed by atoms with van der Waals surface area (Å²) in [5, 5.41) is 3.36. The van der Waals surface area contributed by atoms with Crippen LogP contribution in [0.25, 0.3) is 0 Å². The molecule has 1 amide bonds. The number of halogens is 1. The average molecular weight is 502 g/mol. The Bertz CT molecular complexity index is 658. The molecule has 0 heterocycles. The predicted molar refractivity (Wildman–Crippen MR) is 125 cm³/mol. The molecule has 1 aromatic rings. The summed E-state index contributed by atoms with van der Waals surface area (Å²) in [6.07, 6.45) is 4.04. The first-order valence-electron chi connectivity index (χ1n) is 9.76. The van der Waals surface area contributed by atoms with Gasteiger partial charge in [-0.1, -0.05) is 31.0 Å². The maximum Gasteiger partial charge on any atom is 0.230 e. The van der Waals surface area contributed by atoms with E-state index in [-0.39, 0.29) is 35.3 Å². The maximum absolute atomic E-state index is 12.8. The van der Waals surface area contributed by atoms with Crippen molar-refractivity contribution in [2.24, 2.45) is 10.4 Å². The van der Waals surface area contributed by atoms with Crippen LogP contribution in [0.3, 0.4) is 0 Å². The second kappa shape index (κ2) is 11.5. The molecule has 6 nitrogen and oxygen atoms in total. The van der Waals surface area contributed by atoms with Crippen molar-refractivity contribution in [3.63, 3.8) is 0 Å². The van der Waals surface area contributed by atoms with Crippen LogP contribution in [0.1, 0.15) is 38.2 Å². The number of para-hydroxylation sites is 1. The molecule has 0 aromatic heterocycles. The topological polar surface area (TPSA) is 57.2 Å². The number of amides is 1. The molecule has 1 aliphatic carbocycles. The first kappa shape index (κ1) is 24.5. The molecule has 2 rings (SSSR count). The van der Waals surface area contributed by atoms with Gasteiger partial charge >= 0.3 is 0 Å². The third-order valence-corrected chi connectivity index (χ3v) is 5.25. The molecule has 0 aliphatic heterocycles. The molecule has 158 valence electrons. The number of hydrogen-bond donors (Lipinski definition) is 1. The van der Waals surface area contributed by atoms with Crippen molar-refractivity contribution in [1.82, 2.24) is 15.1 Å². The van der Waals surface area contributed by atoms with Crippen molar-refractivity contribution in [3.8, 4) is 5.75 Å². The molecule has 0 saturated heterocycles. The van der Waals surface area contributed by atoms with E-state index in [2.05, 4.69) is 23.2 Å². The van der Waals surface area contributed by atoms with Crippen molar-refractivity contribution in [3.05, 3.63) is 29.8 Å². The van der Waals surface area contributed by atoms with Crippen molar-refractivity contribution in [1.29, 1.82) is 0 Å². The molecular formula is C21H35IN4O2. The zero-order valence-electron chi connectivity index (χ0n) is 17.8. The van der Waals surface area contributed by atoms with E-state index in [0.29, 0.717) is 13.1 Å². The lowest BCUT2D eigenvalue weighted by Crippen LogP contribution is -2.43. The minimum absolute atomic E-state index is 0. The number of nitrogens with zero attached hydrogens (tertiary/aromatic N) is 3. The van der Waals surface area contributed by atoms with E-state index in [9.17, 15) is 4.79 Å². The van der Waals surface area contributed by atoms with Crippen molar-refractivity contribution < 1.29 is 9.53 Å². The minimum Gasteiger partial charge on any atom is -0.496 e. The van der Waals surface area contributed by atoms with Crippen LogP contribution in [0, 0.1) is 5.41 Å². The van der Waals surface area contributed by atoms with Crippen LogP contribution in [0.5, 0.6) is 5.75 Å². The van der Waals surface area contributed by atoms with E-state index in [4.69, 9.17) is 9.73 Å². The predicted octanol–water partition coefficient (Wildman–Crippen LogP) is 3.36. The van der Waals surface area contributed by atoms with E-state index in [1.54, 1.807) is 12.0 Å². The first-order valence-corrected chi connectivity index (χ1v) is 9.76. The fourth-order valence-electron chi connectivity index (χ4n) is 3.83. The van der Waals surface area contributed by atoms with E-state index < -0.39 is 0 Å². The Kier molecular flexibility index (Phi) is 10.1. The highest BCUT2D eigenvalue weighted by molar-refractivity contribution is 14.0. The second-order valence-corrected chi connectivity index (χ2v) is 7.53. The average Bonchev–Trinajstić information content (AvgIpc) is 3.14. The van der Waals surface area contributed by atoms with E-state index in [1.165, 1.54) is 0 Å². The smallest absolute Gasteiger partial charge is 0.230 e. The highest BCUT2D eigenvalue weighted by atomic mass is 127. The van der Waals surface area contributed by atoms with E-state index in [0.717, 1.165) is 49.5 Å². The molecule has 0 bridgehead atoms. The Morgan fingerprint density at radius 3 is 2.43 bits per heavy atom. The molecule has 0 atom stereocenters. The summed E-state index contributed by atoms with van der Waals surface area (Å²) in [7, 11) is 7.38. The number of guanidine groups is 1. The molecule has 28 heavy (non-hydrogen) atoms. The Balaban J connectivity index is 0.00000392. The van der Waals surface area contributed by atoms with Crippen LogP contribution < -0.4 is 10.1 Å². The van der Waals surface area contributed by atoms with E-state index in [1.807, 2.05) is 39.3 Å². The third-order valence-electron chi connectivity index (χ3n) is 5.25. The van der Waals surface area contributed by atoms with Crippen molar-refractivity contribution in [2.75, 3.05) is 41.3 Å². The number of methoxy groups -OCH3 is 1. The SMILES string of the molecule is CCNC(=NCC1(C(=O)N(C)C)CCCC1)N(C)Cc1ccccc1OC.I. The Morgan fingerprint density at radius 1 is 1.21 bits per heavy atom. The largest absolute Gasteiger partial charge is 0.496 e. The normalized spacial score (nSPS) is 15.5. The number of nitrogens with one attached hydrogen (secondary N) is 1. The fourth-order valence-corrected chi connectivity index (χ4v) is 3.83. The van der Waals surface area contributed by atoms with Gasteiger partial charge in [0.1, 0.15) is 5.75 Å². The van der Waals surface area contributed by atoms with Crippen LogP contribution in [-0.2, 0) is 11.3 Å². The van der Waals surface area contributed by atoms with Gasteiger partial charge in [0, 0.05) is 39.8 Å². The molecule has 1 aromatic carbocycles. The maximum atomic E-state index is 12.8. The lowest BCUT2D eigenvalue weighted by atomic mass is 9.85. The summed E-state index contributed by atoms with van der Waals surface area (Å²) in [6, 6.07) is 8.01. The molecule has 1 fully saturated rings. The molecular weight excluding hydrogens is 467 g/mol. The summed E-state index contributed by atoms with van der Waals surface area (Å²) < 4.78 is 5.46. The molecule has 1 aliphatic rings. The van der Waals surface area contributed by atoms with Gasteiger partial charge in [0.25, 0.3) is 0 Å². The van der Waals surface area contributed by atoms with Gasteiger partial charge in [-0.15, -0.1) is 24.0 Å². The van der Waals surface area contributed by atoms with Crippen LogP contribution in [-0.4, -0.2) is 63.0 Å². The number of hydrogen-bond acceptors (Lipinski definition) is 3. The molecule has 0 spiro atoms. The summed E-state index contributed by atoms with van der Waals surface area (Å²) in [5.41, 5.74) is 0.753. The third kappa shape index (κ3) is 5.99. The van der Waals surface area contributed by atoms with Crippen molar-refractivity contribution in [2.45, 2.75) is 39.2 Å². The van der Waals surface area contributed by atoms with Crippen LogP contribution >= 0.6 is 24.0 Å². The Hall–Kier alpha value is -1.51. The van der Waals surface area contributed by atoms with E-state index >= 15 is 0 Å². The summed E-state index contributed by atoms with van der Waals surface area (Å²) in [6.45, 7) is 4.06.